The van der Waals surface area contributed by atoms with E-state index in [4.69, 9.17) is 0 Å². The summed E-state index contributed by atoms with van der Waals surface area (Å²) in [5.41, 5.74) is 2.27. The van der Waals surface area contributed by atoms with E-state index in [9.17, 15) is 4.39 Å². The van der Waals surface area contributed by atoms with E-state index in [0.717, 1.165) is 28.4 Å². The third-order valence-electron chi connectivity index (χ3n) is 2.63. The summed E-state index contributed by atoms with van der Waals surface area (Å²) in [7, 11) is 0. The van der Waals surface area contributed by atoms with Gasteiger partial charge >= 0.3 is 0 Å². The summed E-state index contributed by atoms with van der Waals surface area (Å²) in [4.78, 5) is 0. The molecule has 0 fully saturated rings. The first-order valence-electron chi connectivity index (χ1n) is 4.45. The molecule has 0 heterocycles. The van der Waals surface area contributed by atoms with Crippen LogP contribution >= 0.6 is 15.9 Å². The summed E-state index contributed by atoms with van der Waals surface area (Å²) < 4.78 is 14.4. The molecule has 1 aliphatic carbocycles. The Morgan fingerprint density at radius 2 is 1.85 bits per heavy atom. The highest BCUT2D eigenvalue weighted by Crippen LogP contribution is 2.40. The van der Waals surface area contributed by atoms with Crippen molar-refractivity contribution < 1.29 is 4.39 Å². The molecule has 0 N–H and O–H groups in total. The molecule has 70 valence electrons. The molecule has 1 aliphatic rings. The predicted octanol–water partition coefficient (Wildman–Crippen LogP) is 3.71. The van der Waals surface area contributed by atoms with Gasteiger partial charge in [0.1, 0.15) is 5.82 Å². The van der Waals surface area contributed by atoms with E-state index in [1.165, 1.54) is 0 Å². The van der Waals surface area contributed by atoms with Crippen molar-refractivity contribution in [3.63, 3.8) is 0 Å². The van der Waals surface area contributed by atoms with Gasteiger partial charge in [-0.2, -0.15) is 0 Å². The molecule has 0 spiro atoms. The van der Waals surface area contributed by atoms with Gasteiger partial charge in [0.25, 0.3) is 0 Å². The Morgan fingerprint density at radius 3 is 2.46 bits per heavy atom. The summed E-state index contributed by atoms with van der Waals surface area (Å²) in [6, 6.07) is 3.35. The molecule has 0 atom stereocenters. The largest absolute Gasteiger partial charge is 0.207 e. The average Bonchev–Trinajstić information content (AvgIpc) is 2.35. The van der Waals surface area contributed by atoms with Crippen molar-refractivity contribution in [1.29, 1.82) is 0 Å². The monoisotopic (exact) mass is 242 g/mol. The van der Waals surface area contributed by atoms with E-state index in [0.29, 0.717) is 0 Å². The first-order valence-corrected chi connectivity index (χ1v) is 5.25. The van der Waals surface area contributed by atoms with Crippen LogP contribution in [0.25, 0.3) is 0 Å². The summed E-state index contributed by atoms with van der Waals surface area (Å²) in [5, 5.41) is 0. The van der Waals surface area contributed by atoms with Gasteiger partial charge in [-0.05, 0) is 41.5 Å². The van der Waals surface area contributed by atoms with Crippen molar-refractivity contribution in [2.45, 2.75) is 26.7 Å². The molecule has 2 rings (SSSR count). The lowest BCUT2D eigenvalue weighted by molar-refractivity contribution is 0.389. The average molecular weight is 243 g/mol. The highest BCUT2D eigenvalue weighted by atomic mass is 79.9. The van der Waals surface area contributed by atoms with Gasteiger partial charge in [-0.15, -0.1) is 0 Å². The Bertz CT molecular complexity index is 322. The summed E-state index contributed by atoms with van der Waals surface area (Å²) in [6.45, 7) is 4.36. The molecule has 13 heavy (non-hydrogen) atoms. The van der Waals surface area contributed by atoms with Gasteiger partial charge in [0.05, 0.1) is 0 Å². The smallest absolute Gasteiger partial charge is 0.126 e. The zero-order valence-electron chi connectivity index (χ0n) is 7.82. The van der Waals surface area contributed by atoms with Crippen molar-refractivity contribution in [3.05, 3.63) is 33.5 Å². The van der Waals surface area contributed by atoms with Crippen LogP contribution in [0.3, 0.4) is 0 Å². The van der Waals surface area contributed by atoms with Gasteiger partial charge in [0, 0.05) is 4.47 Å². The normalized spacial score (nSPS) is 18.8. The molecule has 0 unspecified atom stereocenters. The van der Waals surface area contributed by atoms with Crippen molar-refractivity contribution in [2.75, 3.05) is 0 Å². The number of hydrogen-bond acceptors (Lipinski definition) is 0. The van der Waals surface area contributed by atoms with Crippen LogP contribution in [0, 0.1) is 11.2 Å². The molecular weight excluding hydrogens is 231 g/mol. The highest BCUT2D eigenvalue weighted by Gasteiger charge is 2.31. The van der Waals surface area contributed by atoms with Crippen LogP contribution in [0.15, 0.2) is 16.6 Å². The van der Waals surface area contributed by atoms with Gasteiger partial charge in [-0.3, -0.25) is 0 Å². The van der Waals surface area contributed by atoms with E-state index < -0.39 is 0 Å². The molecule has 0 aliphatic heterocycles. The van der Waals surface area contributed by atoms with Gasteiger partial charge in [-0.1, -0.05) is 29.8 Å². The Labute approximate surface area is 86.3 Å². The molecule has 0 bridgehead atoms. The van der Waals surface area contributed by atoms with Gasteiger partial charge in [0.2, 0.25) is 0 Å². The SMILES string of the molecule is CC1(C)Cc2c(F)ccc(Br)c2C1. The highest BCUT2D eigenvalue weighted by molar-refractivity contribution is 9.10. The van der Waals surface area contributed by atoms with Gasteiger partial charge < -0.3 is 0 Å². The quantitative estimate of drug-likeness (QED) is 0.651. The van der Waals surface area contributed by atoms with Crippen LogP contribution in [-0.4, -0.2) is 0 Å². The lowest BCUT2D eigenvalue weighted by Gasteiger charge is -2.14. The molecule has 0 saturated carbocycles. The van der Waals surface area contributed by atoms with Crippen molar-refractivity contribution in [2.24, 2.45) is 5.41 Å². The molecule has 0 radical (unpaired) electrons. The lowest BCUT2D eigenvalue weighted by Crippen LogP contribution is -2.09. The van der Waals surface area contributed by atoms with E-state index in [1.54, 1.807) is 12.1 Å². The Hall–Kier alpha value is -0.370. The first kappa shape index (κ1) is 9.20. The molecule has 0 saturated heterocycles. The Morgan fingerprint density at radius 1 is 1.23 bits per heavy atom. The van der Waals surface area contributed by atoms with Crippen LogP contribution in [-0.2, 0) is 12.8 Å². The van der Waals surface area contributed by atoms with Crippen LogP contribution < -0.4 is 0 Å². The fraction of sp³-hybridized carbons (Fsp3) is 0.455. The lowest BCUT2D eigenvalue weighted by atomic mass is 9.90. The standard InChI is InChI=1S/C11H12BrF/c1-11(2)5-7-8(6-11)10(13)4-3-9(7)12/h3-4H,5-6H2,1-2H3. The topological polar surface area (TPSA) is 0 Å². The predicted molar refractivity (Wildman–Crippen MR) is 55.3 cm³/mol. The molecule has 2 heteroatoms. The fourth-order valence-corrected chi connectivity index (χ4v) is 2.55. The van der Waals surface area contributed by atoms with E-state index >= 15 is 0 Å². The molecule has 0 aromatic heterocycles. The van der Waals surface area contributed by atoms with E-state index in [-0.39, 0.29) is 11.2 Å². The third kappa shape index (κ3) is 1.52. The molecule has 1 aromatic carbocycles. The van der Waals surface area contributed by atoms with Crippen LogP contribution in [0.4, 0.5) is 4.39 Å². The Kier molecular flexibility index (Phi) is 1.99. The Balaban J connectivity index is 2.56. The zero-order chi connectivity index (χ0) is 9.64. The van der Waals surface area contributed by atoms with Crippen molar-refractivity contribution in [1.82, 2.24) is 0 Å². The minimum Gasteiger partial charge on any atom is -0.207 e. The maximum atomic E-state index is 13.4. The number of halogens is 2. The zero-order valence-corrected chi connectivity index (χ0v) is 9.41. The molecule has 1 aromatic rings. The van der Waals surface area contributed by atoms with Crippen LogP contribution in [0.2, 0.25) is 0 Å². The minimum absolute atomic E-state index is 0.0521. The summed E-state index contributed by atoms with van der Waals surface area (Å²) >= 11 is 3.47. The van der Waals surface area contributed by atoms with Gasteiger partial charge in [-0.25, -0.2) is 4.39 Å². The van der Waals surface area contributed by atoms with E-state index in [2.05, 4.69) is 29.8 Å². The number of hydrogen-bond donors (Lipinski definition) is 0. The molecule has 0 nitrogen and oxygen atoms in total. The molecule has 0 amide bonds. The second-order valence-corrected chi connectivity index (χ2v) is 5.36. The maximum Gasteiger partial charge on any atom is 0.126 e. The first-order chi connectivity index (χ1) is 5.99. The fourth-order valence-electron chi connectivity index (χ4n) is 2.04. The van der Waals surface area contributed by atoms with Crippen molar-refractivity contribution in [3.8, 4) is 0 Å². The van der Waals surface area contributed by atoms with E-state index in [1.807, 2.05) is 0 Å². The second kappa shape index (κ2) is 2.81. The third-order valence-corrected chi connectivity index (χ3v) is 3.37. The molecular formula is C11H12BrF. The summed E-state index contributed by atoms with van der Waals surface area (Å²) in [6.07, 6.45) is 1.83. The number of fused-ring (bicyclic) bond motifs is 1. The maximum absolute atomic E-state index is 13.4. The van der Waals surface area contributed by atoms with Crippen LogP contribution in [0.5, 0.6) is 0 Å². The second-order valence-electron chi connectivity index (χ2n) is 4.50. The van der Waals surface area contributed by atoms with Gasteiger partial charge in [0.15, 0.2) is 0 Å². The number of rotatable bonds is 0. The number of benzene rings is 1. The van der Waals surface area contributed by atoms with Crippen LogP contribution in [0.1, 0.15) is 25.0 Å². The summed E-state index contributed by atoms with van der Waals surface area (Å²) in [5.74, 6) is -0.0521. The minimum atomic E-state index is -0.0521. The van der Waals surface area contributed by atoms with Crippen molar-refractivity contribution >= 4 is 15.9 Å².